The van der Waals surface area contributed by atoms with Crippen LogP contribution in [0.25, 0.3) is 175 Å². The standard InChI is InChI=1S/4C19H13N.C13H11N.C12H10N2.4CH3.4Y/c1-20-17-12-6-5-10-16(17)19-15(11-7-13-18(19)20)14-8-3-2-4-9-14;2*1-20-18-10-6-5-9-16(18)17-13-15(11-12-19(17)20)14-7-3-2-4-8-14;1-20-18-10-6-5-9-16(18)17-12-11-15(13-19(17)20)14-7-3-2-4-8-14;1-14-12-8-4-2-6-10(12)11-7-3-5-9-13(11)14;1-14-10-6-3-2-5-9(10)12-11(14)7-4-8-13-12;;;;;;;;/h2-8,10,12-13H,1H3;2-7,9-10,12-13H,1H3;2-7,9-12H,1H3;2-7,9-10,12-13H,1H3;2-9H,1H3;2-8H,1H3;4*1H3;;;;/q4*-2;;;4*-1;4*+3. The molecule has 0 N–H and O–H groups in total. The normalized spacial score (nSPS) is 10.5. The molecule has 0 bridgehead atoms. The van der Waals surface area contributed by atoms with Crippen molar-refractivity contribution in [2.75, 3.05) is 0 Å². The molecule has 0 radical (unpaired) electrons. The van der Waals surface area contributed by atoms with E-state index in [1.807, 2.05) is 91.1 Å². The van der Waals surface area contributed by atoms with E-state index in [-0.39, 0.29) is 161 Å². The molecule has 0 aliphatic carbocycles. The van der Waals surface area contributed by atoms with Gasteiger partial charge in [0, 0.05) is 97.7 Å². The van der Waals surface area contributed by atoms with Gasteiger partial charge in [-0.25, -0.2) is 38.9 Å². The molecule has 0 saturated heterocycles. The van der Waals surface area contributed by atoms with Crippen LogP contribution in [0.4, 0.5) is 0 Å². The minimum absolute atomic E-state index is 0. The van der Waals surface area contributed by atoms with Gasteiger partial charge in [-0.1, -0.05) is 144 Å². The Kier molecular flexibility index (Phi) is 31.8. The molecule has 7 heterocycles. The van der Waals surface area contributed by atoms with Crippen LogP contribution in [0.15, 0.2) is 334 Å². The van der Waals surface area contributed by atoms with Crippen molar-refractivity contribution < 1.29 is 131 Å². The summed E-state index contributed by atoms with van der Waals surface area (Å²) in [5, 5.41) is 14.0. The Morgan fingerprint density at radius 3 is 1.10 bits per heavy atom. The van der Waals surface area contributed by atoms with Crippen molar-refractivity contribution in [2.45, 2.75) is 0 Å². The Morgan fingerprint density at radius 1 is 0.224 bits per heavy atom. The average Bonchev–Trinajstić information content (AvgIpc) is 1.57. The van der Waals surface area contributed by atoms with E-state index in [4.69, 9.17) is 0 Å². The Morgan fingerprint density at radius 2 is 0.586 bits per heavy atom. The molecule has 0 saturated carbocycles. The van der Waals surface area contributed by atoms with E-state index >= 15 is 0 Å². The molecule has 552 valence electrons. The van der Waals surface area contributed by atoms with Gasteiger partial charge in [0.05, 0.1) is 16.6 Å². The van der Waals surface area contributed by atoms with Crippen LogP contribution >= 0.6 is 0 Å². The van der Waals surface area contributed by atoms with Gasteiger partial charge < -0.3 is 57.1 Å². The summed E-state index contributed by atoms with van der Waals surface area (Å²) in [6.07, 6.45) is 1.84. The minimum atomic E-state index is 0. The summed E-state index contributed by atoms with van der Waals surface area (Å²) >= 11 is 0. The maximum atomic E-state index is 4.41. The maximum absolute atomic E-state index is 4.41. The molecule has 116 heavy (non-hydrogen) atoms. The van der Waals surface area contributed by atoms with Crippen molar-refractivity contribution in [2.24, 2.45) is 42.3 Å². The third-order valence-corrected chi connectivity index (χ3v) is 20.8. The van der Waals surface area contributed by atoms with Gasteiger partial charge in [0.25, 0.3) is 0 Å². The Hall–Kier alpha value is -9.33. The van der Waals surface area contributed by atoms with E-state index in [0.717, 1.165) is 50.0 Å². The van der Waals surface area contributed by atoms with Gasteiger partial charge >= 0.3 is 131 Å². The summed E-state index contributed by atoms with van der Waals surface area (Å²) in [5.74, 6) is 0. The summed E-state index contributed by atoms with van der Waals surface area (Å²) in [5.41, 5.74) is 24.8. The molecule has 0 amide bonds. The number of pyridine rings is 1. The monoisotopic (exact) mass is 1800 g/mol. The van der Waals surface area contributed by atoms with Gasteiger partial charge in [0.2, 0.25) is 0 Å². The van der Waals surface area contributed by atoms with Crippen LogP contribution in [0.2, 0.25) is 0 Å². The number of fused-ring (bicyclic) bond motifs is 18. The molecular formula is C105H85N7Y4. The Balaban J connectivity index is 0.000000158. The number of nitrogens with zero attached hydrogens (tertiary/aromatic N) is 7. The second-order valence-electron chi connectivity index (χ2n) is 27.0. The van der Waals surface area contributed by atoms with Crippen LogP contribution in [0, 0.1) is 78.2 Å². The van der Waals surface area contributed by atoms with Gasteiger partial charge in [0.1, 0.15) is 0 Å². The van der Waals surface area contributed by atoms with E-state index in [9.17, 15) is 0 Å². The van der Waals surface area contributed by atoms with Crippen LogP contribution in [0.5, 0.6) is 0 Å². The zero-order valence-electron chi connectivity index (χ0n) is 67.2. The molecule has 0 fully saturated rings. The molecule has 7 nitrogen and oxygen atoms in total. The number of hydrogen-bond acceptors (Lipinski definition) is 1. The van der Waals surface area contributed by atoms with Crippen LogP contribution in [-0.4, -0.2) is 32.4 Å². The zero-order chi connectivity index (χ0) is 73.2. The predicted octanol–water partition coefficient (Wildman–Crippen LogP) is 26.2. The molecule has 0 unspecified atom stereocenters. The average molecular weight is 1800 g/mol. The summed E-state index contributed by atoms with van der Waals surface area (Å²) in [7, 11) is 12.6. The Bertz CT molecular complexity index is 6630. The van der Waals surface area contributed by atoms with Gasteiger partial charge in [-0.15, -0.1) is 59.3 Å². The third kappa shape index (κ3) is 17.8. The molecule has 11 heteroatoms. The molecule has 0 spiro atoms. The van der Waals surface area contributed by atoms with Crippen LogP contribution < -0.4 is 0 Å². The quantitative estimate of drug-likeness (QED) is 0.162. The first-order valence-corrected chi connectivity index (χ1v) is 36.3. The van der Waals surface area contributed by atoms with Gasteiger partial charge in [-0.2, -0.15) is 151 Å². The smallest absolute Gasteiger partial charge is 0.383 e. The van der Waals surface area contributed by atoms with E-state index in [1.54, 1.807) is 0 Å². The summed E-state index contributed by atoms with van der Waals surface area (Å²) < 4.78 is 13.3. The predicted molar refractivity (Wildman–Crippen MR) is 478 cm³/mol. The zero-order valence-corrected chi connectivity index (χ0v) is 78.5. The number of aryl methyl sites for hydroxylation is 6. The van der Waals surface area contributed by atoms with Crippen molar-refractivity contribution in [1.82, 2.24) is 32.4 Å². The molecule has 22 rings (SSSR count). The molecule has 0 aliphatic rings. The van der Waals surface area contributed by atoms with E-state index in [2.05, 4.69) is 366 Å². The summed E-state index contributed by atoms with van der Waals surface area (Å²) in [6.45, 7) is 0. The second-order valence-corrected chi connectivity index (χ2v) is 27.0. The summed E-state index contributed by atoms with van der Waals surface area (Å²) in [6, 6.07) is 139. The minimum Gasteiger partial charge on any atom is -0.383 e. The van der Waals surface area contributed by atoms with Crippen molar-refractivity contribution in [1.29, 1.82) is 0 Å². The first kappa shape index (κ1) is 90.6. The molecule has 22 aromatic rings. The fraction of sp³-hybridized carbons (Fsp3) is 0.0571. The fourth-order valence-electron chi connectivity index (χ4n) is 15.4. The first-order chi connectivity index (χ1) is 53.1. The van der Waals surface area contributed by atoms with E-state index < -0.39 is 0 Å². The topological polar surface area (TPSA) is 42.5 Å². The van der Waals surface area contributed by atoms with Crippen molar-refractivity contribution in [3.05, 3.63) is 412 Å². The molecule has 0 aliphatic heterocycles. The molecule has 7 aromatic heterocycles. The van der Waals surface area contributed by atoms with Gasteiger partial charge in [0.15, 0.2) is 0 Å². The number of para-hydroxylation sites is 7. The van der Waals surface area contributed by atoms with Crippen LogP contribution in [0.1, 0.15) is 0 Å². The first-order valence-electron chi connectivity index (χ1n) is 36.3. The molecule has 0 atom stereocenters. The molecule has 15 aromatic carbocycles. The van der Waals surface area contributed by atoms with E-state index in [1.165, 1.54) is 125 Å². The third-order valence-electron chi connectivity index (χ3n) is 20.8. The Labute approximate surface area is 783 Å². The number of benzene rings is 15. The molecular weight excluding hydrogens is 1710 g/mol. The van der Waals surface area contributed by atoms with Crippen LogP contribution in [0.3, 0.4) is 0 Å². The second kappa shape index (κ2) is 40.7. The SMILES string of the molecule is Cn1c2c[c-]c(-c3[c-]cccc3)cc2c2ccccc21.Cn1c2ccc(-c3[c-]cccc3)[c-]c2c2ccccc21.Cn1c2ccccc2c2c(-c3[c-]cccc3)[c-]ccc21.Cn1c2ccccc2c2c[c-]c(-c3[c-]cccc3)cc21.Cn1c2ccccc2c2ccccc21.Cn1c2ccccc2c2ncccc21.[CH3-].[CH3-].[CH3-].[CH3-].[Y+3].[Y+3].[Y+3].[Y+3]. The largest absolute Gasteiger partial charge is 3.00 e. The van der Waals surface area contributed by atoms with Crippen LogP contribution in [-0.2, 0) is 173 Å². The fourth-order valence-corrected chi connectivity index (χ4v) is 15.4. The van der Waals surface area contributed by atoms with E-state index in [0.29, 0.717) is 0 Å². The number of rotatable bonds is 4. The van der Waals surface area contributed by atoms with Gasteiger partial charge in [-0.05, 0) is 92.8 Å². The van der Waals surface area contributed by atoms with Crippen molar-refractivity contribution in [3.63, 3.8) is 0 Å². The van der Waals surface area contributed by atoms with Crippen molar-refractivity contribution >= 4 is 131 Å². The number of hydrogen-bond donors (Lipinski definition) is 0. The van der Waals surface area contributed by atoms with Gasteiger partial charge in [-0.3, -0.25) is 4.98 Å². The van der Waals surface area contributed by atoms with Crippen molar-refractivity contribution in [3.8, 4) is 44.5 Å². The summed E-state index contributed by atoms with van der Waals surface area (Å²) in [4.78, 5) is 4.41. The maximum Gasteiger partial charge on any atom is 3.00 e. The number of aromatic nitrogens is 7.